The summed E-state index contributed by atoms with van der Waals surface area (Å²) in [5, 5.41) is 2.66. The van der Waals surface area contributed by atoms with Gasteiger partial charge in [-0.2, -0.15) is 0 Å². The van der Waals surface area contributed by atoms with Crippen LogP contribution in [0.4, 0.5) is 4.79 Å². The number of amides is 2. The van der Waals surface area contributed by atoms with Crippen LogP contribution < -0.4 is 10.1 Å². The molecule has 0 radical (unpaired) electrons. The van der Waals surface area contributed by atoms with Crippen molar-refractivity contribution < 1.29 is 19.1 Å². The average Bonchev–Trinajstić information content (AvgIpc) is 2.74. The summed E-state index contributed by atoms with van der Waals surface area (Å²) >= 11 is 0. The maximum atomic E-state index is 11.7. The van der Waals surface area contributed by atoms with E-state index in [1.807, 2.05) is 29.2 Å². The Hall–Kier alpha value is -3.35. The lowest BCUT2D eigenvalue weighted by Gasteiger charge is -2.28. The predicted molar refractivity (Wildman–Crippen MR) is 105 cm³/mol. The Labute approximate surface area is 164 Å². The lowest BCUT2D eigenvalue weighted by atomic mass is 10.0. The lowest BCUT2D eigenvalue weighted by Crippen LogP contribution is -2.41. The molecule has 146 valence electrons. The van der Waals surface area contributed by atoms with E-state index in [4.69, 9.17) is 4.74 Å². The minimum Gasteiger partial charge on any atom is -0.465 e. The summed E-state index contributed by atoms with van der Waals surface area (Å²) in [6.45, 7) is 1.44. The first-order chi connectivity index (χ1) is 13.6. The number of piperidine rings is 1. The van der Waals surface area contributed by atoms with Crippen molar-refractivity contribution in [3.05, 3.63) is 59.3 Å². The van der Waals surface area contributed by atoms with Crippen LogP contribution in [0, 0.1) is 0 Å². The van der Waals surface area contributed by atoms with E-state index in [0.29, 0.717) is 17.2 Å². The van der Waals surface area contributed by atoms with Gasteiger partial charge in [-0.25, -0.2) is 14.6 Å². The second kappa shape index (κ2) is 9.03. The Morgan fingerprint density at radius 3 is 2.61 bits per heavy atom. The second-order valence-corrected chi connectivity index (χ2v) is 6.40. The zero-order valence-corrected chi connectivity index (χ0v) is 16.0. The molecule has 0 saturated carbocycles. The fraction of sp³-hybridized carbons (Fsp3) is 0.286. The first-order valence-corrected chi connectivity index (χ1v) is 9.07. The number of carbonyl (C=O) groups excluding carboxylic acids is 2. The van der Waals surface area contributed by atoms with Crippen LogP contribution in [-0.2, 0) is 4.74 Å². The average molecular weight is 381 g/mol. The first kappa shape index (κ1) is 19.4. The third-order valence-corrected chi connectivity index (χ3v) is 4.52. The largest absolute Gasteiger partial charge is 0.465 e. The topological polar surface area (TPSA) is 80.8 Å². The third-order valence-electron chi connectivity index (χ3n) is 4.52. The van der Waals surface area contributed by atoms with Gasteiger partial charge in [0.2, 0.25) is 5.88 Å². The van der Waals surface area contributed by atoms with Crippen molar-refractivity contribution in [3.63, 3.8) is 0 Å². The molecule has 1 aromatic heterocycles. The quantitative estimate of drug-likeness (QED) is 0.820. The lowest BCUT2D eigenvalue weighted by molar-refractivity contribution is 0.0600. The second-order valence-electron chi connectivity index (χ2n) is 6.40. The van der Waals surface area contributed by atoms with Gasteiger partial charge in [-0.15, -0.1) is 0 Å². The molecule has 1 aliphatic heterocycles. The molecule has 2 heterocycles. The highest BCUT2D eigenvalue weighted by Crippen LogP contribution is 2.24. The Morgan fingerprint density at radius 1 is 1.18 bits per heavy atom. The molecule has 0 spiro atoms. The number of methoxy groups -OCH3 is 1. The predicted octanol–water partition coefficient (Wildman–Crippen LogP) is 3.48. The number of hydrogen-bond donors (Lipinski definition) is 1. The minimum atomic E-state index is -0.435. The van der Waals surface area contributed by atoms with Gasteiger partial charge in [-0.05, 0) is 36.6 Å². The highest BCUT2D eigenvalue weighted by Gasteiger charge is 2.17. The minimum absolute atomic E-state index is 0.0276. The van der Waals surface area contributed by atoms with E-state index in [1.165, 1.54) is 18.9 Å². The van der Waals surface area contributed by atoms with Crippen molar-refractivity contribution in [1.82, 2.24) is 15.2 Å². The number of benzene rings is 1. The van der Waals surface area contributed by atoms with Crippen molar-refractivity contribution in [1.29, 1.82) is 0 Å². The van der Waals surface area contributed by atoms with Gasteiger partial charge in [0.05, 0.1) is 12.7 Å². The smallest absolute Gasteiger partial charge is 0.339 e. The number of hydrogen-bond acceptors (Lipinski definition) is 5. The van der Waals surface area contributed by atoms with Gasteiger partial charge in [0, 0.05) is 32.4 Å². The molecule has 0 atom stereocenters. The Balaban J connectivity index is 1.64. The van der Waals surface area contributed by atoms with Gasteiger partial charge < -0.3 is 19.7 Å². The van der Waals surface area contributed by atoms with E-state index in [9.17, 15) is 9.59 Å². The van der Waals surface area contributed by atoms with E-state index >= 15 is 0 Å². The van der Waals surface area contributed by atoms with Gasteiger partial charge in [0.1, 0.15) is 5.75 Å². The molecule has 1 N–H and O–H groups in total. The SMILES string of the molecule is CNC(=O)N1CCC(=Cc2cccc(Oc3ccc(C(=O)OC)cn3)c2)CC1. The van der Waals surface area contributed by atoms with Gasteiger partial charge >= 0.3 is 12.0 Å². The maximum absolute atomic E-state index is 11.7. The zero-order valence-electron chi connectivity index (χ0n) is 16.0. The van der Waals surface area contributed by atoms with Crippen LogP contribution in [0.3, 0.4) is 0 Å². The highest BCUT2D eigenvalue weighted by atomic mass is 16.5. The van der Waals surface area contributed by atoms with Crippen molar-refractivity contribution in [2.45, 2.75) is 12.8 Å². The van der Waals surface area contributed by atoms with E-state index in [2.05, 4.69) is 21.1 Å². The number of ether oxygens (including phenoxy) is 2. The van der Waals surface area contributed by atoms with Gasteiger partial charge in [-0.3, -0.25) is 0 Å². The number of rotatable bonds is 4. The van der Waals surface area contributed by atoms with Crippen LogP contribution in [0.15, 0.2) is 48.2 Å². The normalized spacial score (nSPS) is 13.6. The van der Waals surface area contributed by atoms with E-state index in [-0.39, 0.29) is 6.03 Å². The molecule has 28 heavy (non-hydrogen) atoms. The van der Waals surface area contributed by atoms with E-state index in [0.717, 1.165) is 31.5 Å². The molecule has 1 aromatic carbocycles. The van der Waals surface area contributed by atoms with Crippen molar-refractivity contribution >= 4 is 18.1 Å². The zero-order chi connectivity index (χ0) is 19.9. The highest BCUT2D eigenvalue weighted by molar-refractivity contribution is 5.88. The number of esters is 1. The molecular weight excluding hydrogens is 358 g/mol. The summed E-state index contributed by atoms with van der Waals surface area (Å²) < 4.78 is 10.4. The summed E-state index contributed by atoms with van der Waals surface area (Å²) in [4.78, 5) is 29.1. The molecule has 2 amide bonds. The molecule has 7 heteroatoms. The summed E-state index contributed by atoms with van der Waals surface area (Å²) in [5.74, 6) is 0.627. The van der Waals surface area contributed by atoms with E-state index < -0.39 is 5.97 Å². The van der Waals surface area contributed by atoms with Crippen LogP contribution in [0.25, 0.3) is 6.08 Å². The van der Waals surface area contributed by atoms with Gasteiger partial charge in [0.25, 0.3) is 0 Å². The summed E-state index contributed by atoms with van der Waals surface area (Å²) in [5.41, 5.74) is 2.71. The van der Waals surface area contributed by atoms with Crippen LogP contribution in [-0.4, -0.2) is 49.1 Å². The fourth-order valence-electron chi connectivity index (χ4n) is 3.00. The van der Waals surface area contributed by atoms with E-state index in [1.54, 1.807) is 19.2 Å². The molecule has 0 aliphatic carbocycles. The molecule has 0 bridgehead atoms. The number of aromatic nitrogens is 1. The Kier molecular flexibility index (Phi) is 6.26. The molecule has 3 rings (SSSR count). The van der Waals surface area contributed by atoms with Gasteiger partial charge in [0.15, 0.2) is 0 Å². The molecule has 7 nitrogen and oxygen atoms in total. The number of carbonyl (C=O) groups is 2. The van der Waals surface area contributed by atoms with Crippen LogP contribution >= 0.6 is 0 Å². The molecular formula is C21H23N3O4. The van der Waals surface area contributed by atoms with Crippen molar-refractivity contribution in [2.75, 3.05) is 27.2 Å². The van der Waals surface area contributed by atoms with Crippen LogP contribution in [0.2, 0.25) is 0 Å². The number of nitrogens with one attached hydrogen (secondary N) is 1. The molecule has 1 saturated heterocycles. The van der Waals surface area contributed by atoms with Crippen LogP contribution in [0.1, 0.15) is 28.8 Å². The monoisotopic (exact) mass is 381 g/mol. The number of pyridine rings is 1. The van der Waals surface area contributed by atoms with Crippen molar-refractivity contribution in [3.8, 4) is 11.6 Å². The maximum Gasteiger partial charge on any atom is 0.339 e. The van der Waals surface area contributed by atoms with Gasteiger partial charge in [-0.1, -0.05) is 23.8 Å². The van der Waals surface area contributed by atoms with Crippen LogP contribution in [0.5, 0.6) is 11.6 Å². The molecule has 2 aromatic rings. The van der Waals surface area contributed by atoms with Crippen molar-refractivity contribution in [2.24, 2.45) is 0 Å². The third kappa shape index (κ3) is 4.88. The molecule has 1 fully saturated rings. The molecule has 1 aliphatic rings. The number of urea groups is 1. The summed E-state index contributed by atoms with van der Waals surface area (Å²) in [6, 6.07) is 10.9. The number of nitrogens with zero attached hydrogens (tertiary/aromatic N) is 2. The molecule has 0 unspecified atom stereocenters. The Morgan fingerprint density at radius 2 is 1.96 bits per heavy atom. The fourth-order valence-corrected chi connectivity index (χ4v) is 3.00. The Bertz CT molecular complexity index is 867. The summed E-state index contributed by atoms with van der Waals surface area (Å²) in [7, 11) is 2.98. The first-order valence-electron chi connectivity index (χ1n) is 9.07. The number of likely N-dealkylation sites (tertiary alicyclic amines) is 1. The summed E-state index contributed by atoms with van der Waals surface area (Å²) in [6.07, 6.45) is 5.28. The standard InChI is InChI=1S/C21H23N3O4/c1-22-21(26)24-10-8-15(9-11-24)12-16-4-3-5-18(13-16)28-19-7-6-17(14-23-19)20(25)27-2/h3-7,12-14H,8-11H2,1-2H3,(H,22,26).